The Morgan fingerprint density at radius 2 is 1.31 bits per heavy atom. The smallest absolute Gasteiger partial charge is 0.105 e. The third-order valence-electron chi connectivity index (χ3n) is 2.31. The van der Waals surface area contributed by atoms with Crippen molar-refractivity contribution in [2.45, 2.75) is 40.0 Å². The van der Waals surface area contributed by atoms with E-state index in [0.29, 0.717) is 0 Å². The molecule has 0 saturated heterocycles. The minimum atomic E-state index is -0.149. The van der Waals surface area contributed by atoms with Crippen LogP contribution in [0.2, 0.25) is 0 Å². The number of rotatable bonds is 1. The number of hydrogen-bond donors (Lipinski definition) is 1. The molecule has 0 aliphatic rings. The third-order valence-corrected chi connectivity index (χ3v) is 2.31. The highest BCUT2D eigenvalue weighted by Crippen LogP contribution is 2.02. The fourth-order valence-electron chi connectivity index (χ4n) is 1.07. The number of aliphatic hydroxyl groups is 1. The summed E-state index contributed by atoms with van der Waals surface area (Å²) in [5.74, 6) is 18.9. The predicted octanol–water partition coefficient (Wildman–Crippen LogP) is 3.91. The van der Waals surface area contributed by atoms with Crippen LogP contribution in [-0.2, 0) is 6.42 Å². The average molecular weight is 342 g/mol. The van der Waals surface area contributed by atoms with Crippen molar-refractivity contribution in [3.8, 4) is 73.1 Å². The van der Waals surface area contributed by atoms with Crippen LogP contribution in [0.4, 0.5) is 0 Å². The Bertz CT molecular complexity index is 698. The number of aliphatic hydroxyl groups excluding tert-OH is 1. The molecule has 1 aromatic carbocycles. The van der Waals surface area contributed by atoms with Crippen LogP contribution in [0.5, 0.6) is 0 Å². The Labute approximate surface area is 160 Å². The molecule has 1 nitrogen and oxygen atoms in total. The van der Waals surface area contributed by atoms with Crippen LogP contribution in [0, 0.1) is 73.1 Å². The molecule has 0 radical (unpaired) electrons. The van der Waals surface area contributed by atoms with Crippen molar-refractivity contribution in [1.82, 2.24) is 0 Å². The molecule has 0 heterocycles. The first-order chi connectivity index (χ1) is 12.6. The molecule has 0 aliphatic carbocycles. The predicted molar refractivity (Wildman–Crippen MR) is 113 cm³/mol. The summed E-state index contributed by atoms with van der Waals surface area (Å²) < 4.78 is 0. The Kier molecular flexibility index (Phi) is 27.9. The van der Waals surface area contributed by atoms with E-state index in [-0.39, 0.29) is 6.61 Å². The lowest BCUT2D eigenvalue weighted by atomic mass is 10.1. The van der Waals surface area contributed by atoms with Gasteiger partial charge in [0.15, 0.2) is 0 Å². The number of terminal acetylenes is 4. The van der Waals surface area contributed by atoms with E-state index < -0.39 is 0 Å². The Balaban J connectivity index is -0.000000290. The van der Waals surface area contributed by atoms with Gasteiger partial charge in [-0.1, -0.05) is 50.7 Å². The molecule has 0 unspecified atom stereocenters. The second kappa shape index (κ2) is 26.4. The van der Waals surface area contributed by atoms with Gasteiger partial charge in [-0.3, -0.25) is 0 Å². The summed E-state index contributed by atoms with van der Waals surface area (Å²) in [4.78, 5) is 0. The van der Waals surface area contributed by atoms with Crippen molar-refractivity contribution in [3.05, 3.63) is 35.4 Å². The molecular weight excluding hydrogens is 316 g/mol. The number of hydrogen-bond acceptors (Lipinski definition) is 1. The first-order valence-electron chi connectivity index (χ1n) is 8.08. The van der Waals surface area contributed by atoms with Crippen LogP contribution in [0.15, 0.2) is 24.3 Å². The monoisotopic (exact) mass is 342 g/mol. The quantitative estimate of drug-likeness (QED) is 0.767. The zero-order valence-electron chi connectivity index (χ0n) is 15.9. The zero-order chi connectivity index (χ0) is 20.5. The summed E-state index contributed by atoms with van der Waals surface area (Å²) in [7, 11) is 0. The molecule has 1 N–H and O–H groups in total. The summed E-state index contributed by atoms with van der Waals surface area (Å²) in [5, 5.41) is 7.93. The van der Waals surface area contributed by atoms with Crippen molar-refractivity contribution >= 4 is 0 Å². The zero-order valence-corrected chi connectivity index (χ0v) is 15.9. The van der Waals surface area contributed by atoms with Crippen LogP contribution in [0.25, 0.3) is 0 Å². The molecule has 1 heteroatoms. The van der Waals surface area contributed by atoms with E-state index in [0.717, 1.165) is 24.8 Å². The summed E-state index contributed by atoms with van der Waals surface area (Å²) in [6.45, 7) is 5.89. The van der Waals surface area contributed by atoms with Crippen LogP contribution in [0.3, 0.4) is 0 Å². The third kappa shape index (κ3) is 25.5. The molecule has 0 aliphatic heterocycles. The Hall–Kier alpha value is -3.46. The van der Waals surface area contributed by atoms with Crippen molar-refractivity contribution < 1.29 is 5.11 Å². The summed E-state index contributed by atoms with van der Waals surface area (Å²) >= 11 is 0. The molecule has 0 bridgehead atoms. The van der Waals surface area contributed by atoms with E-state index in [4.69, 9.17) is 24.4 Å². The highest BCUT2D eigenvalue weighted by atomic mass is 16.2. The fraction of sp³-hybridized carbons (Fsp3) is 0.280. The summed E-state index contributed by atoms with van der Waals surface area (Å²) in [6.07, 6.45) is 22.2. The standard InChI is InChI=1S/C10H10.C6H6.C5H4O.C4H6/c1-3-9-5-7-10(4-2)8-6-9;1-3-5-6-4-2;1-2-3-4-5-6;1-3-4-2/h1,5-8H,4H2,2H3;1H,4H2,2H3;1,6H,5H2;1H,4H2,2H3. The largest absolute Gasteiger partial charge is 0.384 e. The number of aryl methyl sites for hydroxylation is 1. The summed E-state index contributed by atoms with van der Waals surface area (Å²) in [5.41, 5.74) is 2.29. The molecule has 26 heavy (non-hydrogen) atoms. The molecule has 0 spiro atoms. The fourth-order valence-corrected chi connectivity index (χ4v) is 1.07. The lowest BCUT2D eigenvalue weighted by molar-refractivity contribution is 0.350. The topological polar surface area (TPSA) is 20.2 Å². The van der Waals surface area contributed by atoms with Gasteiger partial charge in [-0.15, -0.1) is 31.6 Å². The Morgan fingerprint density at radius 3 is 1.54 bits per heavy atom. The molecular formula is C25H26O. The van der Waals surface area contributed by atoms with E-state index in [1.54, 1.807) is 0 Å². The van der Waals surface area contributed by atoms with Gasteiger partial charge in [-0.2, -0.15) is 0 Å². The molecule has 0 amide bonds. The highest BCUT2D eigenvalue weighted by Gasteiger charge is 1.86. The van der Waals surface area contributed by atoms with E-state index in [9.17, 15) is 0 Å². The minimum Gasteiger partial charge on any atom is -0.384 e. The molecule has 0 saturated carbocycles. The van der Waals surface area contributed by atoms with Gasteiger partial charge < -0.3 is 5.11 Å². The van der Waals surface area contributed by atoms with Gasteiger partial charge in [0, 0.05) is 18.4 Å². The minimum absolute atomic E-state index is 0.149. The SMILES string of the molecule is C#CC#CCC.C#CC#CCO.C#CCC.C#Cc1ccc(CC)cc1. The van der Waals surface area contributed by atoms with E-state index in [1.165, 1.54) is 5.56 Å². The van der Waals surface area contributed by atoms with E-state index in [2.05, 4.69) is 66.9 Å². The van der Waals surface area contributed by atoms with Gasteiger partial charge in [0.05, 0.1) is 0 Å². The van der Waals surface area contributed by atoms with Crippen LogP contribution >= 0.6 is 0 Å². The van der Waals surface area contributed by atoms with Crippen molar-refractivity contribution in [2.24, 2.45) is 0 Å². The van der Waals surface area contributed by atoms with Gasteiger partial charge >= 0.3 is 0 Å². The van der Waals surface area contributed by atoms with Gasteiger partial charge in [0.1, 0.15) is 6.61 Å². The molecule has 0 atom stereocenters. The number of benzene rings is 1. The molecule has 0 fully saturated rings. The van der Waals surface area contributed by atoms with Crippen molar-refractivity contribution in [1.29, 1.82) is 0 Å². The molecule has 1 rings (SSSR count). The van der Waals surface area contributed by atoms with E-state index >= 15 is 0 Å². The van der Waals surface area contributed by atoms with E-state index in [1.807, 2.05) is 31.9 Å². The van der Waals surface area contributed by atoms with Crippen molar-refractivity contribution in [3.63, 3.8) is 0 Å². The highest BCUT2D eigenvalue weighted by molar-refractivity contribution is 5.34. The van der Waals surface area contributed by atoms with Gasteiger partial charge in [0.2, 0.25) is 0 Å². The Morgan fingerprint density at radius 1 is 0.808 bits per heavy atom. The lowest BCUT2D eigenvalue weighted by Gasteiger charge is -1.94. The second-order valence-corrected chi connectivity index (χ2v) is 4.16. The first kappa shape index (κ1) is 27.4. The molecule has 132 valence electrons. The average Bonchev–Trinajstić information content (AvgIpc) is 2.71. The maximum Gasteiger partial charge on any atom is 0.105 e. The van der Waals surface area contributed by atoms with Gasteiger partial charge in [-0.25, -0.2) is 0 Å². The normalized spacial score (nSPS) is 6.31. The maximum atomic E-state index is 7.93. The van der Waals surface area contributed by atoms with Crippen LogP contribution in [0.1, 0.15) is 44.7 Å². The summed E-state index contributed by atoms with van der Waals surface area (Å²) in [6, 6.07) is 8.07. The lowest BCUT2D eigenvalue weighted by Crippen LogP contribution is -1.78. The molecule has 1 aromatic rings. The van der Waals surface area contributed by atoms with Gasteiger partial charge in [-0.05, 0) is 47.8 Å². The van der Waals surface area contributed by atoms with Crippen LogP contribution < -0.4 is 0 Å². The first-order valence-corrected chi connectivity index (χ1v) is 8.08. The van der Waals surface area contributed by atoms with Crippen molar-refractivity contribution in [2.75, 3.05) is 6.61 Å². The molecule has 0 aromatic heterocycles. The van der Waals surface area contributed by atoms with Gasteiger partial charge in [0.25, 0.3) is 0 Å². The maximum absolute atomic E-state index is 7.93. The second-order valence-electron chi connectivity index (χ2n) is 4.16. The van der Waals surface area contributed by atoms with Crippen LogP contribution in [-0.4, -0.2) is 11.7 Å².